The van der Waals surface area contributed by atoms with Crippen molar-refractivity contribution >= 4 is 31.5 Å². The summed E-state index contributed by atoms with van der Waals surface area (Å²) in [4.78, 5) is 4.44. The van der Waals surface area contributed by atoms with Crippen LogP contribution < -0.4 is 0 Å². The summed E-state index contributed by atoms with van der Waals surface area (Å²) in [6.07, 6.45) is 1.50. The van der Waals surface area contributed by atoms with Crippen LogP contribution in [0.5, 0.6) is 0 Å². The molecule has 0 N–H and O–H groups in total. The zero-order valence-electron chi connectivity index (χ0n) is 16.9. The van der Waals surface area contributed by atoms with Gasteiger partial charge in [-0.05, 0) is 41.7 Å². The number of benzene rings is 3. The molecule has 1 nitrogen and oxygen atoms in total. The number of fused-ring (bicyclic) bond motifs is 3. The second kappa shape index (κ2) is 6.08. The van der Waals surface area contributed by atoms with E-state index in [1.165, 1.54) is 21.7 Å². The van der Waals surface area contributed by atoms with Gasteiger partial charge in [-0.1, -0.05) is 60.7 Å². The maximum atomic E-state index is 7.98. The van der Waals surface area contributed by atoms with Crippen LogP contribution in [-0.4, -0.2) is 4.98 Å². The molecule has 124 valence electrons. The largest absolute Gasteiger partial charge is 0.256 e. The smallest absolute Gasteiger partial charge is 0.0708 e. The Bertz CT molecular complexity index is 1340. The number of rotatable bonds is 2. The minimum Gasteiger partial charge on any atom is -0.256 e. The van der Waals surface area contributed by atoms with Crippen LogP contribution in [0.1, 0.15) is 9.68 Å². The van der Waals surface area contributed by atoms with Gasteiger partial charge in [0, 0.05) is 36.0 Å². The van der Waals surface area contributed by atoms with Crippen LogP contribution in [0.25, 0.3) is 42.6 Å². The Balaban J connectivity index is 1.73. The Morgan fingerprint density at radius 1 is 0.769 bits per heavy atom. The molecule has 2 heteroatoms. The molecule has 0 amide bonds. The average Bonchev–Trinajstić information content (AvgIpc) is 3.11. The van der Waals surface area contributed by atoms with Crippen LogP contribution in [-0.2, 0) is 0 Å². The molecule has 26 heavy (non-hydrogen) atoms. The highest BCUT2D eigenvalue weighted by Crippen LogP contribution is 2.37. The first kappa shape index (κ1) is 12.4. The summed E-state index contributed by atoms with van der Waals surface area (Å²) < 4.78 is 26.3. The van der Waals surface area contributed by atoms with Gasteiger partial charge in [0.15, 0.2) is 0 Å². The van der Waals surface area contributed by atoms with Gasteiger partial charge in [-0.2, -0.15) is 0 Å². The topological polar surface area (TPSA) is 12.9 Å². The minimum atomic E-state index is -2.23. The van der Waals surface area contributed by atoms with E-state index in [1.807, 2.05) is 54.6 Å². The maximum Gasteiger partial charge on any atom is 0.0708 e. The van der Waals surface area contributed by atoms with Gasteiger partial charge in [-0.25, -0.2) is 0 Å². The van der Waals surface area contributed by atoms with Crippen LogP contribution in [0.4, 0.5) is 0 Å². The van der Waals surface area contributed by atoms with Crippen molar-refractivity contribution in [3.05, 3.63) is 90.6 Å². The molecular formula is C24H17NS. The maximum absolute atomic E-state index is 7.98. The molecule has 2 aromatic heterocycles. The molecule has 0 aliphatic heterocycles. The van der Waals surface area contributed by atoms with Crippen molar-refractivity contribution in [2.75, 3.05) is 0 Å². The fourth-order valence-corrected chi connectivity index (χ4v) is 4.50. The fourth-order valence-electron chi connectivity index (χ4n) is 3.35. The first-order valence-electron chi connectivity index (χ1n) is 9.98. The quantitative estimate of drug-likeness (QED) is 0.330. The molecule has 0 saturated heterocycles. The van der Waals surface area contributed by atoms with Crippen LogP contribution >= 0.6 is 11.3 Å². The standard InChI is InChI=1S/C24H17NS/c1-16-15-25-22(17-7-3-2-4-8-17)14-21(16)18-11-12-20-19-9-5-6-10-23(19)26-24(20)13-18/h2-15H,1H3/i1D3. The highest BCUT2D eigenvalue weighted by atomic mass is 32.1. The van der Waals surface area contributed by atoms with Crippen molar-refractivity contribution in [1.29, 1.82) is 0 Å². The zero-order chi connectivity index (χ0) is 20.0. The number of aromatic nitrogens is 1. The highest BCUT2D eigenvalue weighted by Gasteiger charge is 2.09. The minimum absolute atomic E-state index is 0.276. The van der Waals surface area contributed by atoms with E-state index in [-0.39, 0.29) is 5.56 Å². The van der Waals surface area contributed by atoms with Gasteiger partial charge in [0.25, 0.3) is 0 Å². The molecule has 0 fully saturated rings. The molecule has 0 spiro atoms. The molecule has 0 aliphatic rings. The SMILES string of the molecule is [2H]C([2H])([2H])c1cnc(-c2ccccc2)cc1-c1ccc2c(c1)sc1ccccc12. The predicted octanol–water partition coefficient (Wildman–Crippen LogP) is 7.09. The number of nitrogens with zero attached hydrogens (tertiary/aromatic N) is 1. The molecule has 5 aromatic rings. The first-order valence-corrected chi connectivity index (χ1v) is 9.30. The van der Waals surface area contributed by atoms with Gasteiger partial charge in [0.2, 0.25) is 0 Å². The lowest BCUT2D eigenvalue weighted by Gasteiger charge is -2.09. The molecule has 5 rings (SSSR count). The lowest BCUT2D eigenvalue weighted by atomic mass is 9.98. The lowest BCUT2D eigenvalue weighted by molar-refractivity contribution is 1.27. The summed E-state index contributed by atoms with van der Waals surface area (Å²) in [5.41, 5.74) is 3.62. The number of hydrogen-bond acceptors (Lipinski definition) is 2. The van der Waals surface area contributed by atoms with Gasteiger partial charge >= 0.3 is 0 Å². The van der Waals surface area contributed by atoms with E-state index in [2.05, 4.69) is 29.2 Å². The third-order valence-electron chi connectivity index (χ3n) is 4.66. The highest BCUT2D eigenvalue weighted by molar-refractivity contribution is 7.25. The third-order valence-corrected chi connectivity index (χ3v) is 5.80. The summed E-state index contributed by atoms with van der Waals surface area (Å²) in [5.74, 6) is 0. The normalized spacial score (nSPS) is 13.5. The van der Waals surface area contributed by atoms with Crippen LogP contribution in [0, 0.1) is 6.85 Å². The van der Waals surface area contributed by atoms with Gasteiger partial charge in [0.1, 0.15) is 0 Å². The van der Waals surface area contributed by atoms with E-state index in [1.54, 1.807) is 11.3 Å². The molecule has 0 bridgehead atoms. The molecular weight excluding hydrogens is 334 g/mol. The van der Waals surface area contributed by atoms with Crippen LogP contribution in [0.3, 0.4) is 0 Å². The average molecular weight is 354 g/mol. The molecule has 0 radical (unpaired) electrons. The van der Waals surface area contributed by atoms with E-state index in [4.69, 9.17) is 4.11 Å². The van der Waals surface area contributed by atoms with Gasteiger partial charge in [0.05, 0.1) is 5.69 Å². The Labute approximate surface area is 160 Å². The zero-order valence-corrected chi connectivity index (χ0v) is 14.8. The fraction of sp³-hybridized carbons (Fsp3) is 0.0417. The number of pyridine rings is 1. The Hall–Kier alpha value is -2.97. The number of aryl methyl sites for hydroxylation is 1. The van der Waals surface area contributed by atoms with Gasteiger partial charge in [-0.3, -0.25) is 4.98 Å². The monoisotopic (exact) mass is 354 g/mol. The summed E-state index contributed by atoms with van der Waals surface area (Å²) in [7, 11) is 0. The van der Waals surface area contributed by atoms with Crippen LogP contribution in [0.15, 0.2) is 85.1 Å². The van der Waals surface area contributed by atoms with E-state index in [0.717, 1.165) is 21.5 Å². The molecule has 3 aromatic carbocycles. The predicted molar refractivity (Wildman–Crippen MR) is 113 cm³/mol. The van der Waals surface area contributed by atoms with Gasteiger partial charge < -0.3 is 0 Å². The van der Waals surface area contributed by atoms with Crippen molar-refractivity contribution in [1.82, 2.24) is 4.98 Å². The molecule has 0 unspecified atom stereocenters. The summed E-state index contributed by atoms with van der Waals surface area (Å²) in [6.45, 7) is -2.23. The van der Waals surface area contributed by atoms with E-state index in [9.17, 15) is 0 Å². The number of hydrogen-bond donors (Lipinski definition) is 0. The van der Waals surface area contributed by atoms with Crippen LogP contribution in [0.2, 0.25) is 0 Å². The van der Waals surface area contributed by atoms with Crippen molar-refractivity contribution < 1.29 is 4.11 Å². The molecule has 0 saturated carbocycles. The molecule has 0 aliphatic carbocycles. The Morgan fingerprint density at radius 2 is 1.58 bits per heavy atom. The second-order valence-corrected chi connectivity index (χ2v) is 7.37. The van der Waals surface area contributed by atoms with Crippen molar-refractivity contribution in [2.45, 2.75) is 6.85 Å². The van der Waals surface area contributed by atoms with E-state index >= 15 is 0 Å². The molecule has 0 atom stereocenters. The Morgan fingerprint density at radius 3 is 2.46 bits per heavy atom. The van der Waals surface area contributed by atoms with Crippen molar-refractivity contribution in [3.8, 4) is 22.4 Å². The molecule has 2 heterocycles. The van der Waals surface area contributed by atoms with Gasteiger partial charge in [-0.15, -0.1) is 11.3 Å². The first-order chi connectivity index (χ1) is 14.0. The lowest BCUT2D eigenvalue weighted by Crippen LogP contribution is -1.89. The van der Waals surface area contributed by atoms with Crippen molar-refractivity contribution in [2.24, 2.45) is 0 Å². The summed E-state index contributed by atoms with van der Waals surface area (Å²) in [5, 5.41) is 2.43. The van der Waals surface area contributed by atoms with E-state index < -0.39 is 6.85 Å². The number of thiophene rings is 1. The second-order valence-electron chi connectivity index (χ2n) is 6.29. The Kier molecular flexibility index (Phi) is 2.90. The summed E-state index contributed by atoms with van der Waals surface area (Å²) >= 11 is 1.73. The van der Waals surface area contributed by atoms with E-state index in [0.29, 0.717) is 5.56 Å². The third kappa shape index (κ3) is 2.51. The summed E-state index contributed by atoms with van der Waals surface area (Å²) in [6, 6.07) is 26.3. The van der Waals surface area contributed by atoms with Crippen molar-refractivity contribution in [3.63, 3.8) is 0 Å².